The first-order valence-electron chi connectivity index (χ1n) is 42.9. The topological polar surface area (TPSA) is 842 Å². The van der Waals surface area contributed by atoms with Crippen LogP contribution in [0.2, 0.25) is 0 Å². The van der Waals surface area contributed by atoms with Crippen LogP contribution in [-0.4, -0.2) is 267 Å². The first-order chi connectivity index (χ1) is 64.6. The lowest BCUT2D eigenvalue weighted by molar-refractivity contribution is -0.142. The number of aliphatic carboxylic acids is 3. The Morgan fingerprint density at radius 3 is 1.41 bits per heavy atom. The van der Waals surface area contributed by atoms with Gasteiger partial charge in [-0.2, -0.15) is 0 Å². The number of imidazole rings is 2. The maximum Gasteiger partial charge on any atom is 0.340 e. The number of nitrogens with one attached hydrogen (secondary N) is 20. The van der Waals surface area contributed by atoms with Crippen molar-refractivity contribution in [1.29, 1.82) is 5.41 Å². The van der Waals surface area contributed by atoms with E-state index in [1.165, 1.54) is 114 Å². The highest BCUT2D eigenvalue weighted by Crippen LogP contribution is 2.57. The summed E-state index contributed by atoms with van der Waals surface area (Å²) in [5, 5.41) is 92.2. The van der Waals surface area contributed by atoms with Crippen LogP contribution in [0.4, 0.5) is 4.79 Å². The van der Waals surface area contributed by atoms with Gasteiger partial charge in [0.05, 0.1) is 42.6 Å². The molecule has 53 nitrogen and oxygen atoms in total. The third-order valence-electron chi connectivity index (χ3n) is 21.5. The van der Waals surface area contributed by atoms with E-state index in [9.17, 15) is 126 Å². The Morgan fingerprint density at radius 2 is 0.920 bits per heavy atom. The summed E-state index contributed by atoms with van der Waals surface area (Å²) in [7, 11) is 0. The second kappa shape index (κ2) is 49.8. The molecular weight excluding hydrogens is 1810 g/mol. The molecule has 14 atom stereocenters. The highest BCUT2D eigenvalue weighted by Gasteiger charge is 2.54. The number of phenolic OH excluding ortho intramolecular Hbond substituents is 2. The molecule has 0 aliphatic carbocycles. The van der Waals surface area contributed by atoms with E-state index in [1.54, 1.807) is 6.92 Å². The predicted octanol–water partition coefficient (Wildman–Crippen LogP) is -6.16. The molecule has 2 aliphatic rings. The number of fused-ring (bicyclic) bond motifs is 6. The number of amides is 18. The summed E-state index contributed by atoms with van der Waals surface area (Å²) in [5.41, 5.74) is 19.4. The van der Waals surface area contributed by atoms with E-state index in [2.05, 4.69) is 111 Å². The number of hydrogen-bond acceptors (Lipinski definition) is 28. The fourth-order valence-electron chi connectivity index (χ4n) is 13.9. The first kappa shape index (κ1) is 107. The van der Waals surface area contributed by atoms with Crippen LogP contribution in [0.3, 0.4) is 0 Å². The van der Waals surface area contributed by atoms with Crippen molar-refractivity contribution in [3.05, 3.63) is 119 Å². The zero-order valence-electron chi connectivity index (χ0n) is 75.3. The fraction of sp³-hybridized carbons (Fsp3) is 0.452. The Balaban J connectivity index is 0.948. The number of esters is 1. The number of carbonyl (C=O) groups excluding carboxylic acids is 18. The van der Waals surface area contributed by atoms with Crippen molar-refractivity contribution in [3.63, 3.8) is 0 Å². The van der Waals surface area contributed by atoms with Crippen LogP contribution in [0.15, 0.2) is 79.6 Å². The Morgan fingerprint density at radius 1 is 0.460 bits per heavy atom. The van der Waals surface area contributed by atoms with Crippen molar-refractivity contribution in [3.8, 4) is 23.0 Å². The quantitative estimate of drug-likeness (QED) is 0.00566. The number of carboxylic acids is 3. The van der Waals surface area contributed by atoms with Gasteiger partial charge < -0.3 is 142 Å². The van der Waals surface area contributed by atoms with Crippen LogP contribution in [0.25, 0.3) is 0 Å². The average molecular weight is 1920 g/mol. The molecule has 18 amide bonds. The standard InChI is InChI=1S/C84H111N25O28/c1-9-37(4)66(79(131)105-57(30-61(86)113)76(128)102-51(19-22-63(115)116)72(124)96-38(5)67(119)92-33-62(114)99-54(80(132)133)11-10-24-91-82(87)88)106-73(125)52(20-23-64(117)118)100-69(121)41(8)98-74(126)55(26-43-31-89-34-93-43)103-70(122)40(7)95-68(120)39(6)97-75(127)56(27-44-32-90-35-94-44)104-78(130)65(36(2)3)107-83(135)109-108-77(129)53(18-21-60(85)112)101-71(123)42-12-15-47-50(25-42)84(137-81(47)134)48-16-13-45(110)28-58(48)136-59-29-46(111)14-17-49(59)84/h12-17,25,28-29,31-32,34-41,51-57,65-66,110-111H,9-11,18-24,26-27,30,33H2,1-8H3,(H2,85,112)(H2,86,113)(H,89,93)(H,90,94)(H,92,119)(H,95,120)(H,96,124)(H,97,127)(H,98,126)(H,99,114)(H,100,121)(H,101,123)(H,102,128)(H,103,122)(H,104,130)(H,105,131)(H,106,125)(H,108,129)(H,115,116)(H,117,118)(H,132,133)(H4,87,88,91)(H2,107,109,135)/t37-,38-,39-,40-,41-,51-,52-,53-,54-,55-,56-,57-,65-,66-/m0/s1. The van der Waals surface area contributed by atoms with Gasteiger partial charge in [-0.25, -0.2) is 29.8 Å². The summed E-state index contributed by atoms with van der Waals surface area (Å²) >= 11 is 0. The van der Waals surface area contributed by atoms with Crippen molar-refractivity contribution in [2.24, 2.45) is 29.0 Å². The van der Waals surface area contributed by atoms with Gasteiger partial charge in [0.1, 0.15) is 102 Å². The largest absolute Gasteiger partial charge is 0.508 e. The number of benzene rings is 3. The summed E-state index contributed by atoms with van der Waals surface area (Å²) in [5.74, 6) is -24.8. The van der Waals surface area contributed by atoms with Gasteiger partial charge in [-0.15, -0.1) is 0 Å². The Labute approximate surface area is 779 Å². The molecule has 31 N–H and O–H groups in total. The number of hydrazine groups is 1. The molecule has 3 aromatic carbocycles. The van der Waals surface area contributed by atoms with Gasteiger partial charge in [-0.3, -0.25) is 97.1 Å². The normalized spacial score (nSPS) is 14.9. The number of guanidine groups is 1. The van der Waals surface area contributed by atoms with Crippen molar-refractivity contribution >= 4 is 130 Å². The van der Waals surface area contributed by atoms with Crippen LogP contribution in [0, 0.1) is 17.2 Å². The minimum atomic E-state index is -1.99. The molecular formula is C84H111N25O28. The fourth-order valence-corrected chi connectivity index (χ4v) is 13.9. The number of nitrogens with zero attached hydrogens (tertiary/aromatic N) is 2. The number of rotatable bonds is 51. The second-order valence-corrected chi connectivity index (χ2v) is 32.5. The molecule has 0 radical (unpaired) electrons. The molecule has 2 aromatic heterocycles. The first-order valence-corrected chi connectivity index (χ1v) is 42.9. The summed E-state index contributed by atoms with van der Waals surface area (Å²) in [6.45, 7) is 10.0. The molecule has 0 unspecified atom stereocenters. The van der Waals surface area contributed by atoms with Gasteiger partial charge in [0, 0.05) is 85.4 Å². The van der Waals surface area contributed by atoms with Crippen molar-refractivity contribution < 1.29 is 136 Å². The lowest BCUT2D eigenvalue weighted by atomic mass is 9.77. The zero-order valence-corrected chi connectivity index (χ0v) is 75.3. The molecule has 0 fully saturated rings. The third-order valence-corrected chi connectivity index (χ3v) is 21.5. The highest BCUT2D eigenvalue weighted by atomic mass is 16.6. The van der Waals surface area contributed by atoms with Crippen molar-refractivity contribution in [2.45, 2.75) is 217 Å². The van der Waals surface area contributed by atoms with E-state index < -0.39 is 272 Å². The number of ether oxygens (including phenoxy) is 2. The van der Waals surface area contributed by atoms with Gasteiger partial charge in [0.25, 0.3) is 11.8 Å². The van der Waals surface area contributed by atoms with E-state index >= 15 is 0 Å². The number of aromatic nitrogens is 4. The number of aromatic amines is 2. The molecule has 137 heavy (non-hydrogen) atoms. The zero-order chi connectivity index (χ0) is 102. The van der Waals surface area contributed by atoms with Crippen LogP contribution >= 0.6 is 0 Å². The van der Waals surface area contributed by atoms with E-state index in [4.69, 9.17) is 32.1 Å². The molecule has 0 saturated carbocycles. The monoisotopic (exact) mass is 1920 g/mol. The van der Waals surface area contributed by atoms with Gasteiger partial charge in [-0.1, -0.05) is 34.1 Å². The third kappa shape index (κ3) is 31.3. The van der Waals surface area contributed by atoms with Crippen molar-refractivity contribution in [2.75, 3.05) is 13.1 Å². The Bertz CT molecular complexity index is 5310. The number of nitrogens with two attached hydrogens (primary N) is 3. The van der Waals surface area contributed by atoms with Crippen LogP contribution < -0.4 is 113 Å². The smallest absolute Gasteiger partial charge is 0.340 e. The molecule has 53 heteroatoms. The predicted molar refractivity (Wildman–Crippen MR) is 471 cm³/mol. The lowest BCUT2D eigenvalue weighted by Crippen LogP contribution is -2.61. The maximum atomic E-state index is 14.3. The van der Waals surface area contributed by atoms with Gasteiger partial charge in [0.2, 0.25) is 82.7 Å². The number of hydrogen-bond donors (Lipinski definition) is 28. The SMILES string of the molecule is CC[C@H](C)[C@H](NC(=O)[C@H](CCC(=O)O)NC(=O)[C@H](C)NC(=O)[C@H](Cc1c[nH]cn1)NC(=O)[C@H](C)NC(=O)[C@H](C)NC(=O)[C@H](Cc1c[nH]cn1)NC(=O)[C@@H](NC(=O)NNC(=O)[C@H](CCC(N)=O)NC(=O)c1ccc2c(c1)C1(OC2=O)c2ccc(O)cc2Oc2cc(O)ccc21)C(C)C)C(=O)N[C@@H](CC(N)=O)C(=O)N[C@@H](CCC(=O)O)C(=O)N[C@@H](C)C(=O)NCC(=O)N[C@@H](CCCNC(=N)N)C(=O)O. The number of carboxylic acid groups (broad SMARTS) is 3. The number of carbonyl (C=O) groups is 21. The molecule has 740 valence electrons. The molecule has 0 saturated heterocycles. The van der Waals surface area contributed by atoms with Crippen LogP contribution in [0.5, 0.6) is 23.0 Å². The number of primary amides is 2. The van der Waals surface area contributed by atoms with Gasteiger partial charge in [-0.05, 0) is 114 Å². The summed E-state index contributed by atoms with van der Waals surface area (Å²) < 4.78 is 12.1. The maximum absolute atomic E-state index is 14.3. The number of H-pyrrole nitrogens is 2. The van der Waals surface area contributed by atoms with Crippen LogP contribution in [-0.2, 0) is 109 Å². The van der Waals surface area contributed by atoms with Gasteiger partial charge in [0.15, 0.2) is 11.6 Å². The molecule has 4 heterocycles. The summed E-state index contributed by atoms with van der Waals surface area (Å²) in [6, 6.07) is -10.6. The minimum Gasteiger partial charge on any atom is -0.508 e. The van der Waals surface area contributed by atoms with Gasteiger partial charge >= 0.3 is 29.9 Å². The Kier molecular flexibility index (Phi) is 39.0. The molecule has 2 aliphatic heterocycles. The molecule has 0 bridgehead atoms. The molecule has 1 spiro atoms. The van der Waals surface area contributed by atoms with Crippen LogP contribution in [0.1, 0.15) is 168 Å². The lowest BCUT2D eigenvalue weighted by Gasteiger charge is -2.36. The number of urea groups is 1. The number of phenols is 2. The average Bonchev–Trinajstić information content (AvgIpc) is 1.62. The Hall–Kier alpha value is -16.6. The summed E-state index contributed by atoms with van der Waals surface area (Å²) in [6.07, 6.45) is -0.173. The van der Waals surface area contributed by atoms with E-state index in [1.807, 2.05) is 0 Å². The molecule has 7 rings (SSSR count). The number of aromatic hydroxyl groups is 2. The minimum absolute atomic E-state index is 0.0196. The van der Waals surface area contributed by atoms with E-state index in [-0.39, 0.29) is 107 Å². The highest BCUT2D eigenvalue weighted by molar-refractivity contribution is 6.04. The van der Waals surface area contributed by atoms with E-state index in [0.717, 1.165) is 13.8 Å². The van der Waals surface area contributed by atoms with E-state index in [0.29, 0.717) is 0 Å². The second-order valence-electron chi connectivity index (χ2n) is 32.5. The summed E-state index contributed by atoms with van der Waals surface area (Å²) in [4.78, 5) is 296. The van der Waals surface area contributed by atoms with Crippen molar-refractivity contribution in [1.82, 2.24) is 111 Å². The molecule has 5 aromatic rings.